The topological polar surface area (TPSA) is 20.3 Å². The summed E-state index contributed by atoms with van der Waals surface area (Å²) in [5, 5.41) is 0.279. The first-order chi connectivity index (χ1) is 8.60. The van der Waals surface area contributed by atoms with Gasteiger partial charge in [0.2, 0.25) is 0 Å². The van der Waals surface area contributed by atoms with E-state index in [1.165, 1.54) is 12.1 Å². The molecule has 0 aliphatic heterocycles. The van der Waals surface area contributed by atoms with E-state index in [-0.39, 0.29) is 16.5 Å². The van der Waals surface area contributed by atoms with Crippen molar-refractivity contribution in [3.05, 3.63) is 34.6 Å². The lowest BCUT2D eigenvalue weighted by atomic mass is 10.1. The summed E-state index contributed by atoms with van der Waals surface area (Å²) in [7, 11) is 0. The van der Waals surface area contributed by atoms with Crippen LogP contribution in [0.4, 0.5) is 4.39 Å². The molecule has 100 valence electrons. The van der Waals surface area contributed by atoms with Crippen LogP contribution in [0.3, 0.4) is 0 Å². The largest absolute Gasteiger partial charge is 0.337 e. The average molecular weight is 292 g/mol. The normalized spacial score (nSPS) is 10.4. The van der Waals surface area contributed by atoms with Gasteiger partial charge in [-0.25, -0.2) is 4.39 Å². The first-order valence-corrected chi connectivity index (χ1v) is 6.81. The molecule has 0 aliphatic rings. The fraction of sp³-hybridized carbons (Fsp3) is 0.462. The number of amides is 1. The molecular weight excluding hydrogens is 276 g/mol. The highest BCUT2D eigenvalue weighted by Crippen LogP contribution is 2.16. The van der Waals surface area contributed by atoms with Crippen molar-refractivity contribution in [1.29, 1.82) is 0 Å². The third-order valence-electron chi connectivity index (χ3n) is 2.58. The smallest absolute Gasteiger partial charge is 0.256 e. The lowest BCUT2D eigenvalue weighted by Gasteiger charge is -2.21. The Morgan fingerprint density at radius 1 is 1.39 bits per heavy atom. The van der Waals surface area contributed by atoms with Gasteiger partial charge in [0, 0.05) is 24.0 Å². The van der Waals surface area contributed by atoms with Crippen molar-refractivity contribution >= 4 is 29.1 Å². The van der Waals surface area contributed by atoms with Gasteiger partial charge in [0.1, 0.15) is 5.82 Å². The Balaban J connectivity index is 2.87. The standard InChI is InChI=1S/C13H16Cl2FNO/c1-2-3-7-17(8-6-14)13(18)11-5-4-10(15)9-12(11)16/h4-5,9H,2-3,6-8H2,1H3. The van der Waals surface area contributed by atoms with E-state index in [9.17, 15) is 9.18 Å². The van der Waals surface area contributed by atoms with E-state index in [1.807, 2.05) is 6.92 Å². The molecule has 0 saturated heterocycles. The molecule has 0 saturated carbocycles. The molecule has 0 bridgehead atoms. The minimum Gasteiger partial charge on any atom is -0.337 e. The first kappa shape index (κ1) is 15.3. The van der Waals surface area contributed by atoms with E-state index in [0.29, 0.717) is 19.0 Å². The summed E-state index contributed by atoms with van der Waals surface area (Å²) in [4.78, 5) is 13.7. The zero-order valence-corrected chi connectivity index (χ0v) is 11.8. The van der Waals surface area contributed by atoms with Gasteiger partial charge in [-0.1, -0.05) is 24.9 Å². The van der Waals surface area contributed by atoms with Crippen molar-refractivity contribution in [3.8, 4) is 0 Å². The maximum absolute atomic E-state index is 13.7. The average Bonchev–Trinajstić information content (AvgIpc) is 2.33. The first-order valence-electron chi connectivity index (χ1n) is 5.90. The van der Waals surface area contributed by atoms with E-state index in [1.54, 1.807) is 4.90 Å². The molecular formula is C13H16Cl2FNO. The number of hydrogen-bond acceptors (Lipinski definition) is 1. The molecule has 0 aliphatic carbocycles. The number of carbonyl (C=O) groups is 1. The summed E-state index contributed by atoms with van der Waals surface area (Å²) in [5.74, 6) is -0.591. The fourth-order valence-electron chi connectivity index (χ4n) is 1.60. The van der Waals surface area contributed by atoms with Crippen molar-refractivity contribution in [3.63, 3.8) is 0 Å². The Bertz CT molecular complexity index is 412. The SMILES string of the molecule is CCCCN(CCCl)C(=O)c1ccc(Cl)cc1F. The van der Waals surface area contributed by atoms with E-state index >= 15 is 0 Å². The zero-order valence-electron chi connectivity index (χ0n) is 10.3. The van der Waals surface area contributed by atoms with Gasteiger partial charge >= 0.3 is 0 Å². The number of hydrogen-bond donors (Lipinski definition) is 0. The van der Waals surface area contributed by atoms with Crippen molar-refractivity contribution < 1.29 is 9.18 Å². The molecule has 0 atom stereocenters. The second-order valence-corrected chi connectivity index (χ2v) is 4.77. The minimum atomic E-state index is -0.594. The third kappa shape index (κ3) is 4.14. The predicted octanol–water partition coefficient (Wildman–Crippen LogP) is 3.96. The van der Waals surface area contributed by atoms with Crippen LogP contribution in [0.2, 0.25) is 5.02 Å². The molecule has 0 radical (unpaired) electrons. The number of benzene rings is 1. The number of unbranched alkanes of at least 4 members (excludes halogenated alkanes) is 1. The van der Waals surface area contributed by atoms with E-state index in [2.05, 4.69) is 0 Å². The van der Waals surface area contributed by atoms with Gasteiger partial charge in [-0.3, -0.25) is 4.79 Å². The van der Waals surface area contributed by atoms with Crippen LogP contribution in [0.5, 0.6) is 0 Å². The predicted molar refractivity (Wildman–Crippen MR) is 72.9 cm³/mol. The summed E-state index contributed by atoms with van der Waals surface area (Å²) >= 11 is 11.3. The van der Waals surface area contributed by atoms with Crippen LogP contribution in [-0.4, -0.2) is 29.8 Å². The number of alkyl halides is 1. The summed E-state index contributed by atoms with van der Waals surface area (Å²) in [6.45, 7) is 3.04. The maximum atomic E-state index is 13.7. The van der Waals surface area contributed by atoms with Crippen LogP contribution in [0.15, 0.2) is 18.2 Å². The van der Waals surface area contributed by atoms with Gasteiger partial charge in [0.15, 0.2) is 0 Å². The summed E-state index contributed by atoms with van der Waals surface area (Å²) < 4.78 is 13.7. The van der Waals surface area contributed by atoms with Crippen LogP contribution in [-0.2, 0) is 0 Å². The van der Waals surface area contributed by atoms with Crippen LogP contribution in [0.25, 0.3) is 0 Å². The van der Waals surface area contributed by atoms with E-state index in [4.69, 9.17) is 23.2 Å². The number of rotatable bonds is 6. The molecule has 1 amide bonds. The van der Waals surface area contributed by atoms with Crippen molar-refractivity contribution in [2.24, 2.45) is 0 Å². The molecule has 0 heterocycles. The second-order valence-electron chi connectivity index (χ2n) is 3.96. The summed E-state index contributed by atoms with van der Waals surface area (Å²) in [5.41, 5.74) is 0.0422. The van der Waals surface area contributed by atoms with Crippen LogP contribution in [0.1, 0.15) is 30.1 Å². The lowest BCUT2D eigenvalue weighted by molar-refractivity contribution is 0.0758. The van der Waals surface area contributed by atoms with Crippen LogP contribution < -0.4 is 0 Å². The van der Waals surface area contributed by atoms with Crippen molar-refractivity contribution in [2.45, 2.75) is 19.8 Å². The maximum Gasteiger partial charge on any atom is 0.256 e. The fourth-order valence-corrected chi connectivity index (χ4v) is 1.96. The second kappa shape index (κ2) is 7.59. The number of carbonyl (C=O) groups excluding carboxylic acids is 1. The Kier molecular flexibility index (Phi) is 6.44. The summed E-state index contributed by atoms with van der Waals surface area (Å²) in [6.07, 6.45) is 1.84. The van der Waals surface area contributed by atoms with Gasteiger partial charge in [0.05, 0.1) is 5.56 Å². The van der Waals surface area contributed by atoms with Crippen molar-refractivity contribution in [1.82, 2.24) is 4.90 Å². The molecule has 0 fully saturated rings. The molecule has 1 aromatic carbocycles. The lowest BCUT2D eigenvalue weighted by Crippen LogP contribution is -2.34. The highest BCUT2D eigenvalue weighted by Gasteiger charge is 2.18. The van der Waals surface area contributed by atoms with Crippen LogP contribution in [0, 0.1) is 5.82 Å². The van der Waals surface area contributed by atoms with Crippen molar-refractivity contribution in [2.75, 3.05) is 19.0 Å². The highest BCUT2D eigenvalue weighted by molar-refractivity contribution is 6.30. The Morgan fingerprint density at radius 3 is 2.67 bits per heavy atom. The van der Waals surface area contributed by atoms with Gasteiger partial charge in [-0.05, 0) is 24.6 Å². The number of halogens is 3. The third-order valence-corrected chi connectivity index (χ3v) is 2.99. The molecule has 5 heteroatoms. The van der Waals surface area contributed by atoms with Crippen LogP contribution >= 0.6 is 23.2 Å². The monoisotopic (exact) mass is 291 g/mol. The Hall–Kier alpha value is -0.800. The molecule has 0 N–H and O–H groups in total. The Morgan fingerprint density at radius 2 is 2.11 bits per heavy atom. The molecule has 1 rings (SSSR count). The van der Waals surface area contributed by atoms with Gasteiger partial charge in [-0.2, -0.15) is 0 Å². The summed E-state index contributed by atoms with van der Waals surface area (Å²) in [6, 6.07) is 4.07. The molecule has 0 spiro atoms. The van der Waals surface area contributed by atoms with Gasteiger partial charge in [-0.15, -0.1) is 11.6 Å². The highest BCUT2D eigenvalue weighted by atomic mass is 35.5. The molecule has 0 aromatic heterocycles. The van der Waals surface area contributed by atoms with E-state index < -0.39 is 5.82 Å². The van der Waals surface area contributed by atoms with E-state index in [0.717, 1.165) is 18.9 Å². The molecule has 18 heavy (non-hydrogen) atoms. The minimum absolute atomic E-state index is 0.0422. The zero-order chi connectivity index (χ0) is 13.5. The molecule has 2 nitrogen and oxygen atoms in total. The molecule has 0 unspecified atom stereocenters. The quantitative estimate of drug-likeness (QED) is 0.727. The van der Waals surface area contributed by atoms with Gasteiger partial charge in [0.25, 0.3) is 5.91 Å². The van der Waals surface area contributed by atoms with Gasteiger partial charge < -0.3 is 4.90 Å². The molecule has 1 aromatic rings. The number of nitrogens with zero attached hydrogens (tertiary/aromatic N) is 1. The Labute approximate surface area is 117 Å².